The van der Waals surface area contributed by atoms with E-state index in [0.717, 1.165) is 19.3 Å². The van der Waals surface area contributed by atoms with Gasteiger partial charge in [0.15, 0.2) is 0 Å². The Hall–Kier alpha value is -1.16. The molecule has 2 amide bonds. The van der Waals surface area contributed by atoms with E-state index in [4.69, 9.17) is 0 Å². The predicted molar refractivity (Wildman–Crippen MR) is 121 cm³/mol. The van der Waals surface area contributed by atoms with Gasteiger partial charge in [-0.3, -0.25) is 14.5 Å². The fraction of sp³-hybridized carbons (Fsp3) is 0.840. The molecule has 2 fully saturated rings. The molecule has 2 aliphatic rings. The van der Waals surface area contributed by atoms with Crippen molar-refractivity contribution < 1.29 is 9.59 Å². The maximum Gasteiger partial charge on any atom is 0.236 e. The first kappa shape index (κ1) is 24.1. The quantitative estimate of drug-likeness (QED) is 0.271. The number of hydrogen-bond acceptors (Lipinski definition) is 3. The molecular weight excluding hydrogens is 360 g/mol. The average molecular weight is 405 g/mol. The fourth-order valence-corrected chi connectivity index (χ4v) is 5.32. The summed E-state index contributed by atoms with van der Waals surface area (Å²) in [5.41, 5.74) is -0.144. The van der Waals surface area contributed by atoms with Crippen molar-refractivity contribution in [3.8, 4) is 0 Å². The van der Waals surface area contributed by atoms with Gasteiger partial charge in [0.05, 0.1) is 5.92 Å². The summed E-state index contributed by atoms with van der Waals surface area (Å²) in [4.78, 5) is 27.2. The molecule has 2 aliphatic heterocycles. The van der Waals surface area contributed by atoms with Gasteiger partial charge in [0, 0.05) is 23.5 Å². The Morgan fingerprint density at radius 2 is 1.48 bits per heavy atom. The Morgan fingerprint density at radius 3 is 2.07 bits per heavy atom. The van der Waals surface area contributed by atoms with Crippen molar-refractivity contribution in [3.63, 3.8) is 0 Å². The predicted octanol–water partition coefficient (Wildman–Crippen LogP) is 5.76. The summed E-state index contributed by atoms with van der Waals surface area (Å²) in [6.07, 6.45) is 17.6. The van der Waals surface area contributed by atoms with Crippen LogP contribution in [0.15, 0.2) is 12.2 Å². The van der Waals surface area contributed by atoms with E-state index in [9.17, 15) is 9.59 Å². The molecule has 2 rings (SSSR count). The van der Waals surface area contributed by atoms with Crippen LogP contribution in [-0.2, 0) is 9.59 Å². The van der Waals surface area contributed by atoms with Crippen molar-refractivity contribution in [2.75, 3.05) is 0 Å². The molecule has 0 saturated carbocycles. The largest absolute Gasteiger partial charge is 0.307 e. The second-order valence-electron chi connectivity index (χ2n) is 10.6. The van der Waals surface area contributed by atoms with Gasteiger partial charge in [-0.1, -0.05) is 64.0 Å². The molecule has 0 aromatic rings. The Labute approximate surface area is 178 Å². The minimum absolute atomic E-state index is 0.00681. The van der Waals surface area contributed by atoms with E-state index in [2.05, 4.69) is 46.0 Å². The number of rotatable bonds is 11. The number of carbonyl (C=O) groups excluding carboxylic acids is 2. The van der Waals surface area contributed by atoms with Gasteiger partial charge in [-0.15, -0.1) is 0 Å². The molecular formula is C25H44N2O2. The number of piperidine rings is 1. The van der Waals surface area contributed by atoms with E-state index in [1.54, 1.807) is 4.90 Å². The van der Waals surface area contributed by atoms with Crippen LogP contribution in [0.4, 0.5) is 0 Å². The lowest BCUT2D eigenvalue weighted by molar-refractivity contribution is -0.143. The van der Waals surface area contributed by atoms with Gasteiger partial charge in [0.1, 0.15) is 0 Å². The highest BCUT2D eigenvalue weighted by Gasteiger charge is 2.47. The molecule has 0 aromatic carbocycles. The van der Waals surface area contributed by atoms with Gasteiger partial charge in [-0.2, -0.15) is 0 Å². The standard InChI is InChI=1S/C25H44N2O2/c1-6-7-8-9-10-11-12-13-14-15-16-20-17-22(28)27(23(20)29)21-18-24(2,3)26-25(4,5)19-21/h15-16,20-21,26H,6-14,17-19H2,1-5H3. The van der Waals surface area contributed by atoms with Crippen LogP contribution in [0.1, 0.15) is 112 Å². The minimum atomic E-state index is -0.252. The number of imide groups is 1. The molecule has 4 heteroatoms. The highest BCUT2D eigenvalue weighted by atomic mass is 16.2. The molecule has 4 nitrogen and oxygen atoms in total. The number of nitrogens with one attached hydrogen (secondary N) is 1. The lowest BCUT2D eigenvalue weighted by atomic mass is 9.79. The highest BCUT2D eigenvalue weighted by molar-refractivity contribution is 6.04. The molecule has 1 atom stereocenters. The number of nitrogens with zero attached hydrogens (tertiary/aromatic N) is 1. The van der Waals surface area contributed by atoms with Crippen LogP contribution < -0.4 is 5.32 Å². The molecule has 166 valence electrons. The van der Waals surface area contributed by atoms with Crippen molar-refractivity contribution in [3.05, 3.63) is 12.2 Å². The number of allylic oxidation sites excluding steroid dienone is 1. The monoisotopic (exact) mass is 404 g/mol. The summed E-state index contributed by atoms with van der Waals surface area (Å²) in [6, 6.07) is 0.00681. The van der Waals surface area contributed by atoms with E-state index in [1.165, 1.54) is 51.4 Å². The van der Waals surface area contributed by atoms with E-state index in [-0.39, 0.29) is 34.9 Å². The zero-order valence-electron chi connectivity index (χ0n) is 19.6. The van der Waals surface area contributed by atoms with Gasteiger partial charge >= 0.3 is 0 Å². The van der Waals surface area contributed by atoms with Crippen molar-refractivity contribution in [2.45, 2.75) is 129 Å². The number of amides is 2. The van der Waals surface area contributed by atoms with E-state index >= 15 is 0 Å². The average Bonchev–Trinajstić information content (AvgIpc) is 2.87. The zero-order valence-corrected chi connectivity index (χ0v) is 19.6. The third-order valence-corrected chi connectivity index (χ3v) is 6.34. The summed E-state index contributed by atoms with van der Waals surface area (Å²) in [7, 11) is 0. The van der Waals surface area contributed by atoms with Crippen molar-refractivity contribution in [1.29, 1.82) is 0 Å². The van der Waals surface area contributed by atoms with E-state index in [0.29, 0.717) is 6.42 Å². The highest BCUT2D eigenvalue weighted by Crippen LogP contribution is 2.35. The minimum Gasteiger partial charge on any atom is -0.307 e. The van der Waals surface area contributed by atoms with Crippen LogP contribution in [0.25, 0.3) is 0 Å². The number of likely N-dealkylation sites (tertiary alicyclic amines) is 1. The maximum absolute atomic E-state index is 13.0. The van der Waals surface area contributed by atoms with Crippen LogP contribution in [0.2, 0.25) is 0 Å². The molecule has 0 bridgehead atoms. The number of carbonyl (C=O) groups is 2. The normalized spacial score (nSPS) is 24.7. The summed E-state index contributed by atoms with van der Waals surface area (Å²) >= 11 is 0. The Kier molecular flexibility index (Phi) is 8.93. The molecule has 29 heavy (non-hydrogen) atoms. The molecule has 0 spiro atoms. The summed E-state index contributed by atoms with van der Waals surface area (Å²) in [6.45, 7) is 10.9. The van der Waals surface area contributed by atoms with Gasteiger partial charge in [-0.05, 0) is 53.4 Å². The lowest BCUT2D eigenvalue weighted by Crippen LogP contribution is -2.62. The molecule has 2 heterocycles. The van der Waals surface area contributed by atoms with Crippen molar-refractivity contribution >= 4 is 11.8 Å². The van der Waals surface area contributed by atoms with Crippen molar-refractivity contribution in [1.82, 2.24) is 10.2 Å². The van der Waals surface area contributed by atoms with Gasteiger partial charge in [0.25, 0.3) is 0 Å². The second kappa shape index (κ2) is 10.7. The summed E-state index contributed by atoms with van der Waals surface area (Å²) < 4.78 is 0. The van der Waals surface area contributed by atoms with Crippen LogP contribution in [0.3, 0.4) is 0 Å². The van der Waals surface area contributed by atoms with Crippen LogP contribution >= 0.6 is 0 Å². The van der Waals surface area contributed by atoms with Gasteiger partial charge in [0.2, 0.25) is 11.8 Å². The Balaban J connectivity index is 1.76. The maximum atomic E-state index is 13.0. The smallest absolute Gasteiger partial charge is 0.236 e. The summed E-state index contributed by atoms with van der Waals surface area (Å²) in [5.74, 6) is -0.228. The number of unbranched alkanes of at least 4 members (excludes halogenated alkanes) is 8. The van der Waals surface area contributed by atoms with Crippen LogP contribution in [-0.4, -0.2) is 33.8 Å². The Bertz CT molecular complexity index is 563. The summed E-state index contributed by atoms with van der Waals surface area (Å²) in [5, 5.41) is 3.64. The number of hydrogen-bond donors (Lipinski definition) is 1. The first-order valence-corrected chi connectivity index (χ1v) is 12.0. The molecule has 0 aromatic heterocycles. The lowest BCUT2D eigenvalue weighted by Gasteiger charge is -2.48. The molecule has 2 saturated heterocycles. The van der Waals surface area contributed by atoms with Gasteiger partial charge < -0.3 is 5.32 Å². The first-order valence-electron chi connectivity index (χ1n) is 12.0. The van der Waals surface area contributed by atoms with E-state index in [1.807, 2.05) is 6.08 Å². The topological polar surface area (TPSA) is 49.4 Å². The van der Waals surface area contributed by atoms with Gasteiger partial charge in [-0.25, -0.2) is 0 Å². The molecule has 0 aliphatic carbocycles. The Morgan fingerprint density at radius 1 is 0.931 bits per heavy atom. The molecule has 0 radical (unpaired) electrons. The fourth-order valence-electron chi connectivity index (χ4n) is 5.32. The molecule has 1 N–H and O–H groups in total. The third-order valence-electron chi connectivity index (χ3n) is 6.34. The SMILES string of the molecule is CCCCCCCCCCC=CC1CC(=O)N(C2CC(C)(C)NC(C)(C)C2)C1=O. The zero-order chi connectivity index (χ0) is 21.5. The second-order valence-corrected chi connectivity index (χ2v) is 10.6. The van der Waals surface area contributed by atoms with Crippen LogP contribution in [0, 0.1) is 5.92 Å². The first-order chi connectivity index (χ1) is 13.7. The molecule has 1 unspecified atom stereocenters. The van der Waals surface area contributed by atoms with Crippen molar-refractivity contribution in [2.24, 2.45) is 5.92 Å². The van der Waals surface area contributed by atoms with E-state index < -0.39 is 0 Å². The third kappa shape index (κ3) is 7.55. The van der Waals surface area contributed by atoms with Crippen LogP contribution in [0.5, 0.6) is 0 Å².